The summed E-state index contributed by atoms with van der Waals surface area (Å²) in [4.78, 5) is 22.6. The maximum atomic E-state index is 12.1. The van der Waals surface area contributed by atoms with Gasteiger partial charge in [0.1, 0.15) is 11.4 Å². The van der Waals surface area contributed by atoms with E-state index in [-0.39, 0.29) is 17.2 Å². The number of unbranched alkanes of at least 4 members (excludes halogenated alkanes) is 1. The standard InChI is InChI=1S/C18H20ClN3O4/c1-20-16-9-4-13(12-17(16)22(24)25)18(23)21-10-2-3-11-26-15-7-5-14(19)6-8-15/h4-9,12,20H,2-3,10-11H2,1H3,(H,21,23). The first-order valence-corrected chi connectivity index (χ1v) is 8.52. The van der Waals surface area contributed by atoms with E-state index in [9.17, 15) is 14.9 Å². The molecule has 0 unspecified atom stereocenters. The van der Waals surface area contributed by atoms with Crippen molar-refractivity contribution in [2.45, 2.75) is 12.8 Å². The number of benzene rings is 2. The number of nitrogens with one attached hydrogen (secondary N) is 2. The van der Waals surface area contributed by atoms with Gasteiger partial charge in [-0.3, -0.25) is 14.9 Å². The zero-order valence-corrected chi connectivity index (χ0v) is 15.1. The van der Waals surface area contributed by atoms with Crippen molar-refractivity contribution in [3.63, 3.8) is 0 Å². The van der Waals surface area contributed by atoms with Crippen molar-refractivity contribution in [2.75, 3.05) is 25.5 Å². The number of carbonyl (C=O) groups is 1. The third-order valence-electron chi connectivity index (χ3n) is 3.66. The topological polar surface area (TPSA) is 93.5 Å². The summed E-state index contributed by atoms with van der Waals surface area (Å²) >= 11 is 5.80. The molecular formula is C18H20ClN3O4. The number of nitrogens with zero attached hydrogens (tertiary/aromatic N) is 1. The van der Waals surface area contributed by atoms with Crippen LogP contribution >= 0.6 is 11.6 Å². The summed E-state index contributed by atoms with van der Waals surface area (Å²) in [6.07, 6.45) is 1.50. The number of anilines is 1. The molecule has 2 aromatic carbocycles. The first kappa shape index (κ1) is 19.5. The summed E-state index contributed by atoms with van der Waals surface area (Å²) in [7, 11) is 1.59. The summed E-state index contributed by atoms with van der Waals surface area (Å²) in [6, 6.07) is 11.5. The number of hydrogen-bond acceptors (Lipinski definition) is 5. The van der Waals surface area contributed by atoms with E-state index >= 15 is 0 Å². The highest BCUT2D eigenvalue weighted by atomic mass is 35.5. The fraction of sp³-hybridized carbons (Fsp3) is 0.278. The second-order valence-corrected chi connectivity index (χ2v) is 5.94. The highest BCUT2D eigenvalue weighted by Gasteiger charge is 2.16. The van der Waals surface area contributed by atoms with Gasteiger partial charge in [-0.2, -0.15) is 0 Å². The number of ether oxygens (including phenoxy) is 1. The van der Waals surface area contributed by atoms with E-state index in [1.54, 1.807) is 37.4 Å². The molecule has 0 radical (unpaired) electrons. The summed E-state index contributed by atoms with van der Waals surface area (Å²) < 4.78 is 5.57. The summed E-state index contributed by atoms with van der Waals surface area (Å²) in [5, 5.41) is 17.2. The van der Waals surface area contributed by atoms with Gasteiger partial charge in [0.05, 0.1) is 11.5 Å². The SMILES string of the molecule is CNc1ccc(C(=O)NCCCCOc2ccc(Cl)cc2)cc1[N+](=O)[O-]. The second-order valence-electron chi connectivity index (χ2n) is 5.50. The number of amides is 1. The molecule has 0 fully saturated rings. The lowest BCUT2D eigenvalue weighted by atomic mass is 10.1. The second kappa shape index (κ2) is 9.62. The van der Waals surface area contributed by atoms with Crippen molar-refractivity contribution in [3.05, 3.63) is 63.2 Å². The molecule has 0 bridgehead atoms. The Morgan fingerprint density at radius 2 is 1.92 bits per heavy atom. The molecule has 138 valence electrons. The van der Waals surface area contributed by atoms with E-state index in [1.165, 1.54) is 12.1 Å². The first-order chi connectivity index (χ1) is 12.5. The fourth-order valence-corrected chi connectivity index (χ4v) is 2.41. The van der Waals surface area contributed by atoms with E-state index in [4.69, 9.17) is 16.3 Å². The van der Waals surface area contributed by atoms with Gasteiger partial charge >= 0.3 is 0 Å². The Bertz CT molecular complexity index is 766. The predicted octanol–water partition coefficient (Wildman–Crippen LogP) is 3.88. The number of nitro benzene ring substituents is 1. The molecule has 0 aromatic heterocycles. The van der Waals surface area contributed by atoms with Crippen molar-refractivity contribution in [3.8, 4) is 5.75 Å². The van der Waals surface area contributed by atoms with Crippen LogP contribution in [0.4, 0.5) is 11.4 Å². The largest absolute Gasteiger partial charge is 0.494 e. The molecule has 0 aliphatic heterocycles. The lowest BCUT2D eigenvalue weighted by Gasteiger charge is -2.08. The summed E-state index contributed by atoms with van der Waals surface area (Å²) in [6.45, 7) is 0.990. The lowest BCUT2D eigenvalue weighted by molar-refractivity contribution is -0.384. The average molecular weight is 378 g/mol. The third-order valence-corrected chi connectivity index (χ3v) is 3.92. The van der Waals surface area contributed by atoms with Gasteiger partial charge in [-0.15, -0.1) is 0 Å². The molecule has 0 heterocycles. The Labute approximate surface area is 156 Å². The smallest absolute Gasteiger partial charge is 0.293 e. The highest BCUT2D eigenvalue weighted by Crippen LogP contribution is 2.24. The van der Waals surface area contributed by atoms with Crippen LogP contribution in [0.25, 0.3) is 0 Å². The van der Waals surface area contributed by atoms with Crippen LogP contribution < -0.4 is 15.4 Å². The number of rotatable bonds is 9. The molecule has 0 aliphatic rings. The summed E-state index contributed by atoms with van der Waals surface area (Å²) in [5.74, 6) is 0.407. The molecule has 8 heteroatoms. The van der Waals surface area contributed by atoms with Gasteiger partial charge < -0.3 is 15.4 Å². The Balaban J connectivity index is 1.74. The number of nitro groups is 1. The zero-order chi connectivity index (χ0) is 18.9. The van der Waals surface area contributed by atoms with Crippen molar-refractivity contribution in [1.82, 2.24) is 5.32 Å². The van der Waals surface area contributed by atoms with Crippen molar-refractivity contribution in [2.24, 2.45) is 0 Å². The highest BCUT2D eigenvalue weighted by molar-refractivity contribution is 6.30. The zero-order valence-electron chi connectivity index (χ0n) is 14.3. The van der Waals surface area contributed by atoms with E-state index in [2.05, 4.69) is 10.6 Å². The molecule has 2 rings (SSSR count). The van der Waals surface area contributed by atoms with Gasteiger partial charge in [-0.1, -0.05) is 11.6 Å². The van der Waals surface area contributed by atoms with Gasteiger partial charge in [0.15, 0.2) is 0 Å². The van der Waals surface area contributed by atoms with Crippen LogP contribution in [0.5, 0.6) is 5.75 Å². The Morgan fingerprint density at radius 1 is 1.19 bits per heavy atom. The van der Waals surface area contributed by atoms with Crippen LogP contribution in [-0.2, 0) is 0 Å². The summed E-state index contributed by atoms with van der Waals surface area (Å²) in [5.41, 5.74) is 0.496. The molecule has 2 N–H and O–H groups in total. The normalized spacial score (nSPS) is 10.2. The van der Waals surface area contributed by atoms with Crippen molar-refractivity contribution in [1.29, 1.82) is 0 Å². The van der Waals surface area contributed by atoms with Crippen LogP contribution in [0.2, 0.25) is 5.02 Å². The van der Waals surface area contributed by atoms with Crippen LogP contribution in [0, 0.1) is 10.1 Å². The Kier molecular flexibility index (Phi) is 7.23. The van der Waals surface area contributed by atoms with Gasteiger partial charge in [-0.05, 0) is 49.2 Å². The van der Waals surface area contributed by atoms with Gasteiger partial charge in [0, 0.05) is 30.2 Å². The molecule has 0 saturated carbocycles. The number of carbonyl (C=O) groups excluding carboxylic acids is 1. The number of halogens is 1. The third kappa shape index (κ3) is 5.63. The van der Waals surface area contributed by atoms with E-state index in [0.717, 1.165) is 18.6 Å². The molecule has 2 aromatic rings. The molecule has 7 nitrogen and oxygen atoms in total. The molecule has 0 atom stereocenters. The van der Waals surface area contributed by atoms with Crippen LogP contribution in [-0.4, -0.2) is 31.0 Å². The minimum Gasteiger partial charge on any atom is -0.494 e. The molecule has 0 saturated heterocycles. The first-order valence-electron chi connectivity index (χ1n) is 8.14. The van der Waals surface area contributed by atoms with E-state index in [1.807, 2.05) is 0 Å². The minimum absolute atomic E-state index is 0.128. The molecular weight excluding hydrogens is 358 g/mol. The van der Waals surface area contributed by atoms with Crippen LogP contribution in [0.15, 0.2) is 42.5 Å². The van der Waals surface area contributed by atoms with Gasteiger partial charge in [0.2, 0.25) is 0 Å². The van der Waals surface area contributed by atoms with Gasteiger partial charge in [0.25, 0.3) is 11.6 Å². The van der Waals surface area contributed by atoms with Crippen LogP contribution in [0.1, 0.15) is 23.2 Å². The quantitative estimate of drug-likeness (QED) is 0.393. The number of hydrogen-bond donors (Lipinski definition) is 2. The van der Waals surface area contributed by atoms with Crippen molar-refractivity contribution >= 4 is 28.9 Å². The van der Waals surface area contributed by atoms with E-state index in [0.29, 0.717) is 23.9 Å². The monoisotopic (exact) mass is 377 g/mol. The fourth-order valence-electron chi connectivity index (χ4n) is 2.29. The molecule has 1 amide bonds. The maximum absolute atomic E-state index is 12.1. The Morgan fingerprint density at radius 3 is 2.58 bits per heavy atom. The molecule has 0 aliphatic carbocycles. The van der Waals surface area contributed by atoms with Crippen LogP contribution in [0.3, 0.4) is 0 Å². The van der Waals surface area contributed by atoms with Gasteiger partial charge in [-0.25, -0.2) is 0 Å². The van der Waals surface area contributed by atoms with Crippen molar-refractivity contribution < 1.29 is 14.5 Å². The molecule has 26 heavy (non-hydrogen) atoms. The predicted molar refractivity (Wildman–Crippen MR) is 101 cm³/mol. The minimum atomic E-state index is -0.517. The average Bonchev–Trinajstić information content (AvgIpc) is 2.65. The Hall–Kier alpha value is -2.80. The van der Waals surface area contributed by atoms with E-state index < -0.39 is 4.92 Å². The maximum Gasteiger partial charge on any atom is 0.293 e. The molecule has 0 spiro atoms. The lowest BCUT2D eigenvalue weighted by Crippen LogP contribution is -2.24.